The first kappa shape index (κ1) is 17.2. The van der Waals surface area contributed by atoms with Crippen molar-refractivity contribution >= 4 is 11.8 Å². The summed E-state index contributed by atoms with van der Waals surface area (Å²) in [6, 6.07) is 6.81. The Morgan fingerprint density at radius 3 is 2.10 bits per heavy atom. The lowest BCUT2D eigenvalue weighted by atomic mass is 9.86. The smallest absolute Gasteiger partial charge is 0.251 e. The van der Waals surface area contributed by atoms with Gasteiger partial charge in [0.05, 0.1) is 0 Å². The Labute approximate surface area is 127 Å². The van der Waals surface area contributed by atoms with Crippen LogP contribution in [-0.4, -0.2) is 17.9 Å². The van der Waals surface area contributed by atoms with Crippen molar-refractivity contribution in [2.75, 3.05) is 0 Å². The second kappa shape index (κ2) is 6.74. The molecule has 0 saturated carbocycles. The van der Waals surface area contributed by atoms with E-state index in [0.717, 1.165) is 12.0 Å². The molecular weight excluding hydrogens is 264 g/mol. The van der Waals surface area contributed by atoms with Crippen molar-refractivity contribution < 1.29 is 9.59 Å². The first-order valence-corrected chi connectivity index (χ1v) is 7.37. The summed E-state index contributed by atoms with van der Waals surface area (Å²) in [6.07, 6.45) is 0.775. The van der Waals surface area contributed by atoms with E-state index < -0.39 is 11.9 Å². The number of hydrogen-bond acceptors (Lipinski definition) is 2. The van der Waals surface area contributed by atoms with Gasteiger partial charge in [-0.15, -0.1) is 0 Å². The lowest BCUT2D eigenvalue weighted by molar-refractivity contribution is -0.120. The Balaban J connectivity index is 2.86. The van der Waals surface area contributed by atoms with Crippen LogP contribution in [0.4, 0.5) is 0 Å². The van der Waals surface area contributed by atoms with Crippen LogP contribution in [0.5, 0.6) is 0 Å². The molecule has 4 heteroatoms. The van der Waals surface area contributed by atoms with Crippen LogP contribution >= 0.6 is 0 Å². The van der Waals surface area contributed by atoms with Gasteiger partial charge in [-0.05, 0) is 29.0 Å². The van der Waals surface area contributed by atoms with Crippen molar-refractivity contribution in [2.24, 2.45) is 11.7 Å². The van der Waals surface area contributed by atoms with E-state index in [-0.39, 0.29) is 17.2 Å². The average molecular weight is 290 g/mol. The summed E-state index contributed by atoms with van der Waals surface area (Å²) in [6.45, 7) is 10.2. The van der Waals surface area contributed by atoms with Crippen LogP contribution in [0.25, 0.3) is 0 Å². The minimum Gasteiger partial charge on any atom is -0.368 e. The largest absolute Gasteiger partial charge is 0.368 e. The highest BCUT2D eigenvalue weighted by atomic mass is 16.2. The van der Waals surface area contributed by atoms with Crippen LogP contribution in [0, 0.1) is 5.92 Å². The number of rotatable bonds is 5. The molecule has 0 aliphatic heterocycles. The SMILES string of the molecule is CC[C@H](C)[C@@H](NC(=O)c1ccc(C(C)(C)C)cc1)C(N)=O. The highest BCUT2D eigenvalue weighted by molar-refractivity contribution is 5.97. The predicted molar refractivity (Wildman–Crippen MR) is 85.0 cm³/mol. The monoisotopic (exact) mass is 290 g/mol. The summed E-state index contributed by atoms with van der Waals surface area (Å²) >= 11 is 0. The maximum Gasteiger partial charge on any atom is 0.251 e. The third kappa shape index (κ3) is 4.59. The number of benzene rings is 1. The molecule has 4 nitrogen and oxygen atoms in total. The van der Waals surface area contributed by atoms with Crippen LogP contribution in [0.3, 0.4) is 0 Å². The topological polar surface area (TPSA) is 72.2 Å². The number of primary amides is 1. The molecule has 21 heavy (non-hydrogen) atoms. The Hall–Kier alpha value is -1.84. The maximum absolute atomic E-state index is 12.2. The second-order valence-electron chi connectivity index (χ2n) is 6.57. The molecule has 1 aromatic rings. The summed E-state index contributed by atoms with van der Waals surface area (Å²) in [5, 5.41) is 2.73. The molecule has 0 spiro atoms. The van der Waals surface area contributed by atoms with E-state index in [0.29, 0.717) is 5.56 Å². The highest BCUT2D eigenvalue weighted by Crippen LogP contribution is 2.22. The fourth-order valence-corrected chi connectivity index (χ4v) is 2.08. The molecule has 3 N–H and O–H groups in total. The van der Waals surface area contributed by atoms with E-state index >= 15 is 0 Å². The van der Waals surface area contributed by atoms with Gasteiger partial charge >= 0.3 is 0 Å². The zero-order valence-electron chi connectivity index (χ0n) is 13.6. The lowest BCUT2D eigenvalue weighted by Gasteiger charge is -2.22. The van der Waals surface area contributed by atoms with Crippen LogP contribution in [0.15, 0.2) is 24.3 Å². The van der Waals surface area contributed by atoms with Gasteiger partial charge in [0.25, 0.3) is 5.91 Å². The molecule has 0 bridgehead atoms. The molecule has 116 valence electrons. The van der Waals surface area contributed by atoms with Crippen LogP contribution in [0.2, 0.25) is 0 Å². The number of hydrogen-bond donors (Lipinski definition) is 2. The molecule has 0 aliphatic rings. The standard InChI is InChI=1S/C17H26N2O2/c1-6-11(2)14(15(18)20)19-16(21)12-7-9-13(10-8-12)17(3,4)5/h7-11,14H,6H2,1-5H3,(H2,18,20)(H,19,21)/t11-,14+/m0/s1. The molecule has 0 aromatic heterocycles. The molecule has 1 rings (SSSR count). The van der Waals surface area contributed by atoms with E-state index in [1.54, 1.807) is 12.1 Å². The Morgan fingerprint density at radius 1 is 1.19 bits per heavy atom. The molecule has 2 atom stereocenters. The van der Waals surface area contributed by atoms with Gasteiger partial charge in [0, 0.05) is 5.56 Å². The van der Waals surface area contributed by atoms with Crippen LogP contribution in [0.1, 0.15) is 57.0 Å². The van der Waals surface area contributed by atoms with Crippen molar-refractivity contribution in [3.63, 3.8) is 0 Å². The zero-order valence-corrected chi connectivity index (χ0v) is 13.6. The molecule has 2 amide bonds. The highest BCUT2D eigenvalue weighted by Gasteiger charge is 2.24. The molecule has 1 aromatic carbocycles. The average Bonchev–Trinajstić information content (AvgIpc) is 2.42. The van der Waals surface area contributed by atoms with Crippen molar-refractivity contribution in [3.8, 4) is 0 Å². The number of nitrogens with one attached hydrogen (secondary N) is 1. The zero-order chi connectivity index (χ0) is 16.2. The molecule has 0 radical (unpaired) electrons. The summed E-state index contributed by atoms with van der Waals surface area (Å²) in [5.41, 5.74) is 7.11. The van der Waals surface area contributed by atoms with Gasteiger partial charge in [-0.1, -0.05) is 53.2 Å². The van der Waals surface area contributed by atoms with Crippen molar-refractivity contribution in [1.82, 2.24) is 5.32 Å². The minimum absolute atomic E-state index is 0.0142. The van der Waals surface area contributed by atoms with Crippen molar-refractivity contribution in [3.05, 3.63) is 35.4 Å². The normalized spacial score (nSPS) is 14.3. The van der Waals surface area contributed by atoms with Gasteiger partial charge in [0.2, 0.25) is 5.91 Å². The Bertz CT molecular complexity index is 501. The van der Waals surface area contributed by atoms with E-state index in [1.165, 1.54) is 0 Å². The van der Waals surface area contributed by atoms with Crippen molar-refractivity contribution in [2.45, 2.75) is 52.5 Å². The first-order chi connectivity index (χ1) is 9.66. The molecular formula is C17H26N2O2. The Kier molecular flexibility index (Phi) is 5.53. The van der Waals surface area contributed by atoms with Gasteiger partial charge in [0.1, 0.15) is 6.04 Å². The third-order valence-electron chi connectivity index (χ3n) is 3.82. The predicted octanol–water partition coefficient (Wildman–Crippen LogP) is 2.61. The lowest BCUT2D eigenvalue weighted by Crippen LogP contribution is -2.48. The number of nitrogens with two attached hydrogens (primary N) is 1. The summed E-state index contributed by atoms with van der Waals surface area (Å²) < 4.78 is 0. The fourth-order valence-electron chi connectivity index (χ4n) is 2.08. The first-order valence-electron chi connectivity index (χ1n) is 7.37. The number of amides is 2. The van der Waals surface area contributed by atoms with Crippen LogP contribution < -0.4 is 11.1 Å². The van der Waals surface area contributed by atoms with Gasteiger partial charge < -0.3 is 11.1 Å². The maximum atomic E-state index is 12.2. The molecule has 0 aliphatic carbocycles. The quantitative estimate of drug-likeness (QED) is 0.875. The van der Waals surface area contributed by atoms with E-state index in [9.17, 15) is 9.59 Å². The van der Waals surface area contributed by atoms with Crippen LogP contribution in [-0.2, 0) is 10.2 Å². The second-order valence-corrected chi connectivity index (χ2v) is 6.57. The third-order valence-corrected chi connectivity index (χ3v) is 3.82. The molecule has 0 saturated heterocycles. The summed E-state index contributed by atoms with van der Waals surface area (Å²) in [4.78, 5) is 23.7. The van der Waals surface area contributed by atoms with Crippen molar-refractivity contribution in [1.29, 1.82) is 0 Å². The summed E-state index contributed by atoms with van der Waals surface area (Å²) in [5.74, 6) is -0.746. The number of carbonyl (C=O) groups is 2. The van der Waals surface area contributed by atoms with E-state index in [2.05, 4.69) is 26.1 Å². The summed E-state index contributed by atoms with van der Waals surface area (Å²) in [7, 11) is 0. The van der Waals surface area contributed by atoms with Gasteiger partial charge in [-0.25, -0.2) is 0 Å². The van der Waals surface area contributed by atoms with Gasteiger partial charge in [-0.2, -0.15) is 0 Å². The molecule has 0 fully saturated rings. The van der Waals surface area contributed by atoms with Gasteiger partial charge in [0.15, 0.2) is 0 Å². The minimum atomic E-state index is -0.634. The van der Waals surface area contributed by atoms with Gasteiger partial charge in [-0.3, -0.25) is 9.59 Å². The molecule has 0 unspecified atom stereocenters. The fraction of sp³-hybridized carbons (Fsp3) is 0.529. The Morgan fingerprint density at radius 2 is 1.71 bits per heavy atom. The van der Waals surface area contributed by atoms with E-state index in [4.69, 9.17) is 5.73 Å². The van der Waals surface area contributed by atoms with E-state index in [1.807, 2.05) is 26.0 Å². The number of carbonyl (C=O) groups excluding carboxylic acids is 2. The molecule has 0 heterocycles.